The topological polar surface area (TPSA) is 58.6 Å². The molecule has 0 saturated heterocycles. The van der Waals surface area contributed by atoms with Gasteiger partial charge in [-0.2, -0.15) is 0 Å². The zero-order valence-electron chi connectivity index (χ0n) is 18.6. The maximum Gasteiger partial charge on any atom is 0.261 e. The van der Waals surface area contributed by atoms with Crippen molar-refractivity contribution < 1.29 is 14.3 Å². The summed E-state index contributed by atoms with van der Waals surface area (Å²) >= 11 is 0. The zero-order chi connectivity index (χ0) is 21.9. The summed E-state index contributed by atoms with van der Waals surface area (Å²) in [7, 11) is 0. The second-order valence-corrected chi connectivity index (χ2v) is 7.76. The molecule has 2 aromatic carbocycles. The Morgan fingerprint density at radius 1 is 1.07 bits per heavy atom. The molecule has 2 rings (SSSR count). The Bertz CT molecular complexity index is 800. The van der Waals surface area contributed by atoms with Crippen molar-refractivity contribution in [1.29, 1.82) is 0 Å². The molecule has 0 aromatic heterocycles. The first-order valence-corrected chi connectivity index (χ1v) is 10.7. The van der Waals surface area contributed by atoms with Gasteiger partial charge in [0, 0.05) is 13.1 Å². The molecule has 0 heterocycles. The lowest BCUT2D eigenvalue weighted by atomic mass is 10.1. The van der Waals surface area contributed by atoms with Gasteiger partial charge in [-0.15, -0.1) is 0 Å². The SMILES string of the molecule is CCCCNC(=O)[C@@H](C)N(CCc1ccccc1)C(=O)COc1cc(C)cc(C)c1. The van der Waals surface area contributed by atoms with E-state index < -0.39 is 6.04 Å². The van der Waals surface area contributed by atoms with Gasteiger partial charge in [0.05, 0.1) is 0 Å². The van der Waals surface area contributed by atoms with Crippen LogP contribution < -0.4 is 10.1 Å². The molecule has 2 aromatic rings. The molecule has 0 spiro atoms. The zero-order valence-corrected chi connectivity index (χ0v) is 18.6. The van der Waals surface area contributed by atoms with E-state index in [2.05, 4.69) is 18.3 Å². The number of nitrogens with one attached hydrogen (secondary N) is 1. The minimum Gasteiger partial charge on any atom is -0.484 e. The van der Waals surface area contributed by atoms with Gasteiger partial charge >= 0.3 is 0 Å². The molecule has 0 unspecified atom stereocenters. The Morgan fingerprint density at radius 3 is 2.37 bits per heavy atom. The molecule has 162 valence electrons. The van der Waals surface area contributed by atoms with Crippen LogP contribution in [-0.4, -0.2) is 42.5 Å². The molecule has 2 amide bonds. The predicted molar refractivity (Wildman–Crippen MR) is 121 cm³/mol. The summed E-state index contributed by atoms with van der Waals surface area (Å²) in [4.78, 5) is 27.2. The normalized spacial score (nSPS) is 11.6. The largest absolute Gasteiger partial charge is 0.484 e. The molecular weight excluding hydrogens is 376 g/mol. The number of amides is 2. The summed E-state index contributed by atoms with van der Waals surface area (Å²) in [6.07, 6.45) is 2.62. The Kier molecular flexibility index (Phi) is 9.39. The molecular formula is C25H34N2O3. The fourth-order valence-electron chi connectivity index (χ4n) is 3.35. The fraction of sp³-hybridized carbons (Fsp3) is 0.440. The van der Waals surface area contributed by atoms with Crippen molar-refractivity contribution in [3.63, 3.8) is 0 Å². The molecule has 5 heteroatoms. The fourth-order valence-corrected chi connectivity index (χ4v) is 3.35. The first kappa shape index (κ1) is 23.5. The van der Waals surface area contributed by atoms with Crippen LogP contribution in [0.25, 0.3) is 0 Å². The van der Waals surface area contributed by atoms with Gasteiger partial charge in [0.15, 0.2) is 6.61 Å². The monoisotopic (exact) mass is 410 g/mol. The molecule has 0 bridgehead atoms. The van der Waals surface area contributed by atoms with Crippen LogP contribution in [0.2, 0.25) is 0 Å². The highest BCUT2D eigenvalue weighted by atomic mass is 16.5. The van der Waals surface area contributed by atoms with Gasteiger partial charge in [-0.3, -0.25) is 9.59 Å². The Hall–Kier alpha value is -2.82. The molecule has 1 N–H and O–H groups in total. The van der Waals surface area contributed by atoms with Crippen molar-refractivity contribution in [3.8, 4) is 5.75 Å². The highest BCUT2D eigenvalue weighted by Gasteiger charge is 2.26. The second-order valence-electron chi connectivity index (χ2n) is 7.76. The third-order valence-corrected chi connectivity index (χ3v) is 5.04. The molecule has 5 nitrogen and oxygen atoms in total. The van der Waals surface area contributed by atoms with E-state index in [-0.39, 0.29) is 18.4 Å². The smallest absolute Gasteiger partial charge is 0.261 e. The van der Waals surface area contributed by atoms with Crippen molar-refractivity contribution in [2.75, 3.05) is 19.7 Å². The number of carbonyl (C=O) groups excluding carboxylic acids is 2. The molecule has 1 atom stereocenters. The number of nitrogens with zero attached hydrogens (tertiary/aromatic N) is 1. The van der Waals surface area contributed by atoms with Crippen LogP contribution in [0.15, 0.2) is 48.5 Å². The predicted octanol–water partition coefficient (Wildman–Crippen LogP) is 4.06. The van der Waals surface area contributed by atoms with Gasteiger partial charge in [0.2, 0.25) is 5.91 Å². The van der Waals surface area contributed by atoms with E-state index in [0.29, 0.717) is 25.3 Å². The number of hydrogen-bond acceptors (Lipinski definition) is 3. The minimum atomic E-state index is -0.555. The third-order valence-electron chi connectivity index (χ3n) is 5.04. The average Bonchev–Trinajstić information content (AvgIpc) is 2.72. The molecule has 0 saturated carbocycles. The number of aryl methyl sites for hydroxylation is 2. The van der Waals surface area contributed by atoms with Crippen molar-refractivity contribution in [2.45, 2.75) is 53.0 Å². The lowest BCUT2D eigenvalue weighted by molar-refractivity contribution is -0.141. The summed E-state index contributed by atoms with van der Waals surface area (Å²) in [6, 6.07) is 15.3. The summed E-state index contributed by atoms with van der Waals surface area (Å²) < 4.78 is 5.77. The van der Waals surface area contributed by atoms with Gasteiger partial charge in [-0.05, 0) is 62.4 Å². The van der Waals surface area contributed by atoms with Crippen LogP contribution in [0.5, 0.6) is 5.75 Å². The minimum absolute atomic E-state index is 0.0930. The van der Waals surface area contributed by atoms with Crippen LogP contribution in [0.3, 0.4) is 0 Å². The summed E-state index contributed by atoms with van der Waals surface area (Å²) in [5, 5.41) is 2.93. The molecule has 0 aliphatic rings. The molecule has 30 heavy (non-hydrogen) atoms. The summed E-state index contributed by atoms with van der Waals surface area (Å²) in [5.41, 5.74) is 3.30. The first-order chi connectivity index (χ1) is 14.4. The number of carbonyl (C=O) groups is 2. The average molecular weight is 411 g/mol. The number of rotatable bonds is 11. The lowest BCUT2D eigenvalue weighted by Gasteiger charge is -2.28. The second kappa shape index (κ2) is 12.0. The van der Waals surface area contributed by atoms with Gasteiger partial charge < -0.3 is 15.0 Å². The number of unbranched alkanes of at least 4 members (excludes halogenated alkanes) is 1. The van der Waals surface area contributed by atoms with E-state index >= 15 is 0 Å². The van der Waals surface area contributed by atoms with Gasteiger partial charge in [-0.1, -0.05) is 49.7 Å². The maximum absolute atomic E-state index is 13.0. The van der Waals surface area contributed by atoms with E-state index in [9.17, 15) is 9.59 Å². The summed E-state index contributed by atoms with van der Waals surface area (Å²) in [6.45, 7) is 8.84. The van der Waals surface area contributed by atoms with Crippen molar-refractivity contribution in [2.24, 2.45) is 0 Å². The van der Waals surface area contributed by atoms with E-state index in [1.54, 1.807) is 11.8 Å². The quantitative estimate of drug-likeness (QED) is 0.569. The van der Waals surface area contributed by atoms with Gasteiger partial charge in [0.1, 0.15) is 11.8 Å². The lowest BCUT2D eigenvalue weighted by Crippen LogP contribution is -2.50. The van der Waals surface area contributed by atoms with E-state index in [0.717, 1.165) is 29.5 Å². The van der Waals surface area contributed by atoms with Crippen LogP contribution in [0, 0.1) is 13.8 Å². The van der Waals surface area contributed by atoms with Crippen LogP contribution in [0.4, 0.5) is 0 Å². The molecule has 0 radical (unpaired) electrons. The summed E-state index contributed by atoms with van der Waals surface area (Å²) in [5.74, 6) is 0.350. The van der Waals surface area contributed by atoms with Crippen LogP contribution >= 0.6 is 0 Å². The van der Waals surface area contributed by atoms with Crippen LogP contribution in [-0.2, 0) is 16.0 Å². The highest BCUT2D eigenvalue weighted by Crippen LogP contribution is 2.16. The maximum atomic E-state index is 13.0. The molecule has 0 aliphatic heterocycles. The molecule has 0 aliphatic carbocycles. The van der Waals surface area contributed by atoms with E-state index in [1.807, 2.05) is 56.3 Å². The van der Waals surface area contributed by atoms with Crippen molar-refractivity contribution in [3.05, 3.63) is 65.2 Å². The Balaban J connectivity index is 2.05. The third kappa shape index (κ3) is 7.54. The van der Waals surface area contributed by atoms with Crippen LogP contribution in [0.1, 0.15) is 43.4 Å². The van der Waals surface area contributed by atoms with E-state index in [1.165, 1.54) is 0 Å². The Morgan fingerprint density at radius 2 is 1.73 bits per heavy atom. The standard InChI is InChI=1S/C25H34N2O3/c1-5-6-13-26-25(29)21(4)27(14-12-22-10-8-7-9-11-22)24(28)18-30-23-16-19(2)15-20(3)17-23/h7-11,15-17,21H,5-6,12-14,18H2,1-4H3,(H,26,29)/t21-/m1/s1. The van der Waals surface area contributed by atoms with E-state index in [4.69, 9.17) is 4.74 Å². The number of hydrogen-bond donors (Lipinski definition) is 1. The number of ether oxygens (including phenoxy) is 1. The van der Waals surface area contributed by atoms with Crippen molar-refractivity contribution in [1.82, 2.24) is 10.2 Å². The highest BCUT2D eigenvalue weighted by molar-refractivity contribution is 5.87. The molecule has 0 fully saturated rings. The number of benzene rings is 2. The van der Waals surface area contributed by atoms with Gasteiger partial charge in [0.25, 0.3) is 5.91 Å². The Labute approximate surface area is 180 Å². The first-order valence-electron chi connectivity index (χ1n) is 10.7. The van der Waals surface area contributed by atoms with Crippen molar-refractivity contribution >= 4 is 11.8 Å². The van der Waals surface area contributed by atoms with Gasteiger partial charge in [-0.25, -0.2) is 0 Å².